The van der Waals surface area contributed by atoms with Gasteiger partial charge in [0.25, 0.3) is 0 Å². The molecule has 0 amide bonds. The van der Waals surface area contributed by atoms with Crippen molar-refractivity contribution in [2.75, 3.05) is 11.4 Å². The number of hydrogen-bond donors (Lipinski definition) is 1. The first-order valence-corrected chi connectivity index (χ1v) is 5.73. The average molecular weight is 248 g/mol. The summed E-state index contributed by atoms with van der Waals surface area (Å²) in [5, 5.41) is 17.7. The maximum absolute atomic E-state index is 13.9. The number of halogens is 1. The topological polar surface area (TPSA) is 64.3 Å². The highest BCUT2D eigenvalue weighted by atomic mass is 19.1. The molecule has 1 aliphatic heterocycles. The molecule has 94 valence electrons. The monoisotopic (exact) mass is 248 g/mol. The summed E-state index contributed by atoms with van der Waals surface area (Å²) in [6.07, 6.45) is 0.510. The standard InChI is InChI=1S/C13H13FN2O2/c1-8-10(13(17)18)4-5-16(8)12-3-2-9(7-15)6-11(12)14/h2-3,6,8,10H,4-5H2,1H3,(H,17,18). The van der Waals surface area contributed by atoms with E-state index in [1.165, 1.54) is 12.1 Å². The number of benzene rings is 1. The second-order valence-electron chi connectivity index (χ2n) is 4.45. The summed E-state index contributed by atoms with van der Waals surface area (Å²) >= 11 is 0. The number of anilines is 1. The SMILES string of the molecule is CC1C(C(=O)O)CCN1c1ccc(C#N)cc1F. The molecule has 0 bridgehead atoms. The van der Waals surface area contributed by atoms with Gasteiger partial charge in [-0.1, -0.05) is 0 Å². The van der Waals surface area contributed by atoms with Crippen LogP contribution in [0.1, 0.15) is 18.9 Å². The van der Waals surface area contributed by atoms with Crippen LogP contribution in [0.2, 0.25) is 0 Å². The van der Waals surface area contributed by atoms with Crippen molar-refractivity contribution in [3.8, 4) is 6.07 Å². The van der Waals surface area contributed by atoms with E-state index in [-0.39, 0.29) is 11.6 Å². The Labute approximate surface area is 104 Å². The molecule has 1 fully saturated rings. The van der Waals surface area contributed by atoms with E-state index in [2.05, 4.69) is 0 Å². The van der Waals surface area contributed by atoms with Crippen LogP contribution in [-0.4, -0.2) is 23.7 Å². The third-order valence-electron chi connectivity index (χ3n) is 3.46. The minimum Gasteiger partial charge on any atom is -0.481 e. The smallest absolute Gasteiger partial charge is 0.308 e. The first-order valence-electron chi connectivity index (χ1n) is 5.73. The molecule has 1 N–H and O–H groups in total. The van der Waals surface area contributed by atoms with Crippen LogP contribution >= 0.6 is 0 Å². The van der Waals surface area contributed by atoms with E-state index < -0.39 is 17.7 Å². The van der Waals surface area contributed by atoms with E-state index in [1.807, 2.05) is 6.07 Å². The third-order valence-corrected chi connectivity index (χ3v) is 3.46. The molecule has 2 atom stereocenters. The number of carboxylic acid groups (broad SMARTS) is 1. The molecule has 2 unspecified atom stereocenters. The van der Waals surface area contributed by atoms with E-state index in [9.17, 15) is 9.18 Å². The van der Waals surface area contributed by atoms with E-state index >= 15 is 0 Å². The highest BCUT2D eigenvalue weighted by Crippen LogP contribution is 2.31. The minimum absolute atomic E-state index is 0.245. The fourth-order valence-electron chi connectivity index (χ4n) is 2.42. The number of nitrogens with zero attached hydrogens (tertiary/aromatic N) is 2. The van der Waals surface area contributed by atoms with Crippen LogP contribution in [0.25, 0.3) is 0 Å². The molecule has 1 aliphatic rings. The zero-order chi connectivity index (χ0) is 13.3. The lowest BCUT2D eigenvalue weighted by Gasteiger charge is -2.25. The minimum atomic E-state index is -0.848. The molecule has 1 heterocycles. The molecule has 0 aliphatic carbocycles. The Balaban J connectivity index is 2.29. The molecule has 1 aromatic rings. The molecule has 18 heavy (non-hydrogen) atoms. The second kappa shape index (κ2) is 4.65. The third kappa shape index (κ3) is 2.02. The Morgan fingerprint density at radius 2 is 2.33 bits per heavy atom. The number of carboxylic acids is 1. The van der Waals surface area contributed by atoms with Crippen molar-refractivity contribution < 1.29 is 14.3 Å². The van der Waals surface area contributed by atoms with Gasteiger partial charge in [0, 0.05) is 12.6 Å². The number of nitriles is 1. The summed E-state index contributed by atoms with van der Waals surface area (Å²) in [6, 6.07) is 5.88. The number of carbonyl (C=O) groups is 1. The predicted octanol–water partition coefficient (Wildman–Crippen LogP) is 2.00. The predicted molar refractivity (Wildman–Crippen MR) is 63.7 cm³/mol. The van der Waals surface area contributed by atoms with Gasteiger partial charge in [-0.25, -0.2) is 4.39 Å². The maximum Gasteiger partial charge on any atom is 0.308 e. The first kappa shape index (κ1) is 12.4. The molecule has 0 radical (unpaired) electrons. The van der Waals surface area contributed by atoms with Gasteiger partial charge in [0.1, 0.15) is 5.82 Å². The van der Waals surface area contributed by atoms with Gasteiger partial charge in [0.2, 0.25) is 0 Å². The second-order valence-corrected chi connectivity index (χ2v) is 4.45. The van der Waals surface area contributed by atoms with Gasteiger partial charge in [0.15, 0.2) is 0 Å². The van der Waals surface area contributed by atoms with Crippen LogP contribution < -0.4 is 4.90 Å². The number of hydrogen-bond acceptors (Lipinski definition) is 3. The van der Waals surface area contributed by atoms with Crippen molar-refractivity contribution in [2.45, 2.75) is 19.4 Å². The van der Waals surface area contributed by atoms with Crippen molar-refractivity contribution in [1.82, 2.24) is 0 Å². The molecule has 0 aromatic heterocycles. The summed E-state index contributed by atoms with van der Waals surface area (Å²) in [5.41, 5.74) is 0.628. The highest BCUT2D eigenvalue weighted by Gasteiger charge is 2.36. The van der Waals surface area contributed by atoms with E-state index in [4.69, 9.17) is 10.4 Å². The van der Waals surface area contributed by atoms with Crippen LogP contribution in [0.5, 0.6) is 0 Å². The van der Waals surface area contributed by atoms with Crippen molar-refractivity contribution in [3.63, 3.8) is 0 Å². The summed E-state index contributed by atoms with van der Waals surface area (Å²) in [7, 11) is 0. The van der Waals surface area contributed by atoms with Gasteiger partial charge in [-0.05, 0) is 31.5 Å². The van der Waals surface area contributed by atoms with Gasteiger partial charge in [-0.15, -0.1) is 0 Å². The van der Waals surface area contributed by atoms with E-state index in [0.717, 1.165) is 0 Å². The Morgan fingerprint density at radius 1 is 1.61 bits per heavy atom. The normalized spacial score (nSPS) is 22.8. The molecular weight excluding hydrogens is 235 g/mol. The Kier molecular flexibility index (Phi) is 3.19. The Morgan fingerprint density at radius 3 is 2.83 bits per heavy atom. The molecule has 1 aromatic carbocycles. The van der Waals surface area contributed by atoms with Crippen LogP contribution in [0, 0.1) is 23.1 Å². The molecule has 4 nitrogen and oxygen atoms in total. The average Bonchev–Trinajstić information content (AvgIpc) is 2.71. The summed E-state index contributed by atoms with van der Waals surface area (Å²) < 4.78 is 13.9. The highest BCUT2D eigenvalue weighted by molar-refractivity contribution is 5.73. The van der Waals surface area contributed by atoms with Gasteiger partial charge in [-0.2, -0.15) is 5.26 Å². The van der Waals surface area contributed by atoms with E-state index in [1.54, 1.807) is 17.9 Å². The van der Waals surface area contributed by atoms with Crippen LogP contribution in [0.3, 0.4) is 0 Å². The van der Waals surface area contributed by atoms with Crippen LogP contribution in [-0.2, 0) is 4.79 Å². The van der Waals surface area contributed by atoms with Crippen molar-refractivity contribution >= 4 is 11.7 Å². The van der Waals surface area contributed by atoms with Crippen molar-refractivity contribution in [1.29, 1.82) is 5.26 Å². The fourth-order valence-corrected chi connectivity index (χ4v) is 2.42. The van der Waals surface area contributed by atoms with Gasteiger partial charge < -0.3 is 10.0 Å². The molecule has 2 rings (SSSR count). The quantitative estimate of drug-likeness (QED) is 0.869. The Bertz CT molecular complexity index is 524. The fraction of sp³-hybridized carbons (Fsp3) is 0.385. The van der Waals surface area contributed by atoms with Crippen LogP contribution in [0.4, 0.5) is 10.1 Å². The molecule has 5 heteroatoms. The summed E-state index contributed by atoms with van der Waals surface area (Å²) in [6.45, 7) is 2.30. The molecule has 0 saturated carbocycles. The van der Waals surface area contributed by atoms with Gasteiger partial charge in [0.05, 0.1) is 23.2 Å². The van der Waals surface area contributed by atoms with Crippen molar-refractivity contribution in [3.05, 3.63) is 29.6 Å². The maximum atomic E-state index is 13.9. The van der Waals surface area contributed by atoms with Gasteiger partial charge in [-0.3, -0.25) is 4.79 Å². The number of aliphatic carboxylic acids is 1. The largest absolute Gasteiger partial charge is 0.481 e. The van der Waals surface area contributed by atoms with Crippen LogP contribution in [0.15, 0.2) is 18.2 Å². The summed E-state index contributed by atoms with van der Waals surface area (Å²) in [5.74, 6) is -1.80. The van der Waals surface area contributed by atoms with E-state index in [0.29, 0.717) is 18.7 Å². The number of rotatable bonds is 2. The first-order chi connectivity index (χ1) is 8.54. The molecular formula is C13H13FN2O2. The molecule has 0 spiro atoms. The zero-order valence-electron chi connectivity index (χ0n) is 9.93. The lowest BCUT2D eigenvalue weighted by Crippen LogP contribution is -2.33. The van der Waals surface area contributed by atoms with Gasteiger partial charge >= 0.3 is 5.97 Å². The lowest BCUT2D eigenvalue weighted by atomic mass is 10.0. The molecule has 1 saturated heterocycles. The summed E-state index contributed by atoms with van der Waals surface area (Å²) in [4.78, 5) is 12.8. The Hall–Kier alpha value is -2.09. The lowest BCUT2D eigenvalue weighted by molar-refractivity contribution is -0.141. The zero-order valence-corrected chi connectivity index (χ0v) is 9.93. The van der Waals surface area contributed by atoms with Crippen molar-refractivity contribution in [2.24, 2.45) is 5.92 Å².